The van der Waals surface area contributed by atoms with Crippen molar-refractivity contribution in [3.8, 4) is 0 Å². The van der Waals surface area contributed by atoms with E-state index in [-0.39, 0.29) is 5.78 Å². The number of anilines is 1. The second kappa shape index (κ2) is 4.69. The van der Waals surface area contributed by atoms with Crippen LogP contribution in [0.15, 0.2) is 42.6 Å². The number of rotatable bonds is 2. The Hall–Kier alpha value is -2.26. The van der Waals surface area contributed by atoms with Crippen LogP contribution in [-0.4, -0.2) is 10.8 Å². The zero-order valence-corrected chi connectivity index (χ0v) is 11.7. The van der Waals surface area contributed by atoms with Gasteiger partial charge in [0.1, 0.15) is 0 Å². The standard InChI is InChI=1S/C16H13ClN2O/c1-9-3-2-4-14-15(9)12(8-19-14)16(20)11-6-5-10(17)7-13(11)18/h2-8,19H,18H2,1H3. The highest BCUT2D eigenvalue weighted by atomic mass is 35.5. The topological polar surface area (TPSA) is 58.9 Å². The summed E-state index contributed by atoms with van der Waals surface area (Å²) < 4.78 is 0. The summed E-state index contributed by atoms with van der Waals surface area (Å²) in [5, 5.41) is 1.46. The van der Waals surface area contributed by atoms with Crippen molar-refractivity contribution < 1.29 is 4.79 Å². The molecule has 0 aliphatic carbocycles. The zero-order valence-electron chi connectivity index (χ0n) is 10.9. The number of nitrogen functional groups attached to an aromatic ring is 1. The molecule has 2 aromatic carbocycles. The summed E-state index contributed by atoms with van der Waals surface area (Å²) in [6.45, 7) is 1.98. The molecule has 3 rings (SSSR count). The van der Waals surface area contributed by atoms with Gasteiger partial charge >= 0.3 is 0 Å². The molecule has 3 N–H and O–H groups in total. The molecule has 0 spiro atoms. The van der Waals surface area contributed by atoms with Crippen molar-refractivity contribution in [1.82, 2.24) is 4.98 Å². The fourth-order valence-electron chi connectivity index (χ4n) is 2.43. The Labute approximate surface area is 121 Å². The van der Waals surface area contributed by atoms with Crippen LogP contribution in [-0.2, 0) is 0 Å². The number of halogens is 1. The van der Waals surface area contributed by atoms with Crippen LogP contribution in [0.2, 0.25) is 5.02 Å². The molecule has 100 valence electrons. The van der Waals surface area contributed by atoms with Crippen molar-refractivity contribution in [2.24, 2.45) is 0 Å². The number of carbonyl (C=O) groups excluding carboxylic acids is 1. The summed E-state index contributed by atoms with van der Waals surface area (Å²) in [6.07, 6.45) is 1.73. The van der Waals surface area contributed by atoms with Gasteiger partial charge in [-0.15, -0.1) is 0 Å². The predicted molar refractivity (Wildman–Crippen MR) is 82.3 cm³/mol. The van der Waals surface area contributed by atoms with Gasteiger partial charge in [-0.25, -0.2) is 0 Å². The third-order valence-electron chi connectivity index (χ3n) is 3.42. The molecule has 0 fully saturated rings. The van der Waals surface area contributed by atoms with Crippen LogP contribution in [0.1, 0.15) is 21.5 Å². The molecule has 0 amide bonds. The van der Waals surface area contributed by atoms with Gasteiger partial charge in [0.25, 0.3) is 0 Å². The van der Waals surface area contributed by atoms with E-state index in [1.54, 1.807) is 24.4 Å². The number of fused-ring (bicyclic) bond motifs is 1. The monoisotopic (exact) mass is 284 g/mol. The molecular formula is C16H13ClN2O. The summed E-state index contributed by atoms with van der Waals surface area (Å²) in [5.74, 6) is -0.0975. The Kier molecular flexibility index (Phi) is 2.99. The van der Waals surface area contributed by atoms with Crippen molar-refractivity contribution >= 4 is 34.0 Å². The molecule has 0 aliphatic rings. The van der Waals surface area contributed by atoms with Gasteiger partial charge in [-0.1, -0.05) is 23.7 Å². The Bertz CT molecular complexity index is 820. The number of ketones is 1. The quantitative estimate of drug-likeness (QED) is 0.553. The number of H-pyrrole nitrogens is 1. The maximum absolute atomic E-state index is 12.7. The minimum Gasteiger partial charge on any atom is -0.398 e. The van der Waals surface area contributed by atoms with E-state index in [0.717, 1.165) is 16.5 Å². The van der Waals surface area contributed by atoms with Crippen molar-refractivity contribution in [3.63, 3.8) is 0 Å². The average Bonchev–Trinajstić information content (AvgIpc) is 2.83. The van der Waals surface area contributed by atoms with Crippen LogP contribution in [0.4, 0.5) is 5.69 Å². The van der Waals surface area contributed by atoms with E-state index in [1.807, 2.05) is 25.1 Å². The lowest BCUT2D eigenvalue weighted by atomic mass is 9.99. The van der Waals surface area contributed by atoms with Crippen molar-refractivity contribution in [1.29, 1.82) is 0 Å². The number of nitrogens with two attached hydrogens (primary N) is 1. The third kappa shape index (κ3) is 1.96. The molecule has 0 bridgehead atoms. The van der Waals surface area contributed by atoms with E-state index in [2.05, 4.69) is 4.98 Å². The number of benzene rings is 2. The van der Waals surface area contributed by atoms with Gasteiger partial charge in [0, 0.05) is 38.9 Å². The number of aryl methyl sites for hydroxylation is 1. The van der Waals surface area contributed by atoms with Gasteiger partial charge in [0.05, 0.1) is 0 Å². The fourth-order valence-corrected chi connectivity index (χ4v) is 2.61. The van der Waals surface area contributed by atoms with Gasteiger partial charge in [-0.3, -0.25) is 4.79 Å². The summed E-state index contributed by atoms with van der Waals surface area (Å²) in [5.41, 5.74) is 9.39. The second-order valence-corrected chi connectivity index (χ2v) is 5.20. The first-order chi connectivity index (χ1) is 9.58. The van der Waals surface area contributed by atoms with E-state index in [0.29, 0.717) is 21.8 Å². The molecule has 3 aromatic rings. The minimum absolute atomic E-state index is 0.0975. The Morgan fingerprint density at radius 2 is 2.00 bits per heavy atom. The van der Waals surface area contributed by atoms with E-state index in [4.69, 9.17) is 17.3 Å². The van der Waals surface area contributed by atoms with E-state index in [1.165, 1.54) is 0 Å². The lowest BCUT2D eigenvalue weighted by molar-refractivity contribution is 0.104. The van der Waals surface area contributed by atoms with Crippen LogP contribution < -0.4 is 5.73 Å². The number of aromatic amines is 1. The highest BCUT2D eigenvalue weighted by Crippen LogP contribution is 2.27. The number of nitrogens with one attached hydrogen (secondary N) is 1. The van der Waals surface area contributed by atoms with E-state index >= 15 is 0 Å². The molecule has 0 radical (unpaired) electrons. The molecule has 0 atom stereocenters. The van der Waals surface area contributed by atoms with Crippen LogP contribution >= 0.6 is 11.6 Å². The predicted octanol–water partition coefficient (Wildman–Crippen LogP) is 3.94. The molecule has 3 nitrogen and oxygen atoms in total. The molecule has 0 saturated heterocycles. The Morgan fingerprint density at radius 3 is 2.75 bits per heavy atom. The van der Waals surface area contributed by atoms with Crippen molar-refractivity contribution in [2.75, 3.05) is 5.73 Å². The molecule has 1 heterocycles. The summed E-state index contributed by atoms with van der Waals surface area (Å²) in [7, 11) is 0. The summed E-state index contributed by atoms with van der Waals surface area (Å²) in [4.78, 5) is 15.8. The Morgan fingerprint density at radius 1 is 1.20 bits per heavy atom. The van der Waals surface area contributed by atoms with E-state index < -0.39 is 0 Å². The van der Waals surface area contributed by atoms with Crippen molar-refractivity contribution in [2.45, 2.75) is 6.92 Å². The zero-order chi connectivity index (χ0) is 14.3. The van der Waals surface area contributed by atoms with Crippen LogP contribution in [0.25, 0.3) is 10.9 Å². The molecule has 1 aromatic heterocycles. The SMILES string of the molecule is Cc1cccc2[nH]cc(C(=O)c3ccc(Cl)cc3N)c12. The largest absolute Gasteiger partial charge is 0.398 e. The molecule has 0 unspecified atom stereocenters. The highest BCUT2D eigenvalue weighted by Gasteiger charge is 2.17. The van der Waals surface area contributed by atoms with Gasteiger partial charge in [0.2, 0.25) is 0 Å². The number of hydrogen-bond donors (Lipinski definition) is 2. The number of hydrogen-bond acceptors (Lipinski definition) is 2. The van der Waals surface area contributed by atoms with Gasteiger partial charge < -0.3 is 10.7 Å². The van der Waals surface area contributed by atoms with Gasteiger partial charge in [0.15, 0.2) is 5.78 Å². The maximum atomic E-state index is 12.7. The Balaban J connectivity index is 2.18. The molecule has 4 heteroatoms. The lowest BCUT2D eigenvalue weighted by Crippen LogP contribution is -2.05. The molecule has 0 aliphatic heterocycles. The van der Waals surface area contributed by atoms with Crippen LogP contribution in [0.5, 0.6) is 0 Å². The first kappa shape index (κ1) is 12.8. The number of carbonyl (C=O) groups is 1. The van der Waals surface area contributed by atoms with Crippen LogP contribution in [0.3, 0.4) is 0 Å². The van der Waals surface area contributed by atoms with Gasteiger partial charge in [-0.05, 0) is 36.8 Å². The average molecular weight is 285 g/mol. The van der Waals surface area contributed by atoms with Gasteiger partial charge in [-0.2, -0.15) is 0 Å². The summed E-state index contributed by atoms with van der Waals surface area (Å²) >= 11 is 5.87. The molecule has 20 heavy (non-hydrogen) atoms. The smallest absolute Gasteiger partial charge is 0.197 e. The highest BCUT2D eigenvalue weighted by molar-refractivity contribution is 6.31. The number of aromatic nitrogens is 1. The first-order valence-corrected chi connectivity index (χ1v) is 6.62. The first-order valence-electron chi connectivity index (χ1n) is 6.24. The van der Waals surface area contributed by atoms with E-state index in [9.17, 15) is 4.79 Å². The van der Waals surface area contributed by atoms with Crippen LogP contribution in [0, 0.1) is 6.92 Å². The minimum atomic E-state index is -0.0975. The second-order valence-electron chi connectivity index (χ2n) is 4.76. The molecular weight excluding hydrogens is 272 g/mol. The summed E-state index contributed by atoms with van der Waals surface area (Å²) in [6, 6.07) is 10.8. The fraction of sp³-hybridized carbons (Fsp3) is 0.0625. The van der Waals surface area contributed by atoms with Crippen molar-refractivity contribution in [3.05, 3.63) is 64.3 Å². The maximum Gasteiger partial charge on any atom is 0.197 e. The molecule has 0 saturated carbocycles. The lowest BCUT2D eigenvalue weighted by Gasteiger charge is -2.05. The normalized spacial score (nSPS) is 10.9. The third-order valence-corrected chi connectivity index (χ3v) is 3.65.